The number of hydrogen-bond donors (Lipinski definition) is 1. The first-order valence-corrected chi connectivity index (χ1v) is 7.29. The first-order valence-electron chi connectivity index (χ1n) is 6.49. The zero-order chi connectivity index (χ0) is 13.1. The molecule has 0 amide bonds. The van der Waals surface area contributed by atoms with Crippen LogP contribution in [0.25, 0.3) is 0 Å². The first-order chi connectivity index (χ1) is 8.56. The van der Waals surface area contributed by atoms with Crippen molar-refractivity contribution in [2.45, 2.75) is 26.3 Å². The van der Waals surface area contributed by atoms with E-state index in [1.807, 2.05) is 6.07 Å². The Morgan fingerprint density at radius 1 is 1.50 bits per heavy atom. The van der Waals surface area contributed by atoms with Crippen LogP contribution < -0.4 is 10.2 Å². The minimum atomic E-state index is -0.184. The van der Waals surface area contributed by atoms with E-state index >= 15 is 0 Å². The first kappa shape index (κ1) is 13.8. The number of benzene rings is 1. The van der Waals surface area contributed by atoms with Gasteiger partial charge in [0.05, 0.1) is 4.47 Å². The van der Waals surface area contributed by atoms with Gasteiger partial charge in [-0.2, -0.15) is 0 Å². The summed E-state index contributed by atoms with van der Waals surface area (Å²) in [6, 6.07) is 5.90. The molecule has 1 unspecified atom stereocenters. The molecule has 0 radical (unpaired) electrons. The maximum absolute atomic E-state index is 13.5. The average Bonchev–Trinajstić information content (AvgIpc) is 2.79. The Labute approximate surface area is 117 Å². The highest BCUT2D eigenvalue weighted by molar-refractivity contribution is 9.10. The molecule has 1 aromatic rings. The van der Waals surface area contributed by atoms with E-state index in [0.717, 1.165) is 25.3 Å². The summed E-state index contributed by atoms with van der Waals surface area (Å²) in [6.07, 6.45) is 1.18. The summed E-state index contributed by atoms with van der Waals surface area (Å²) < 4.78 is 14.0. The molecule has 4 heteroatoms. The second-order valence-electron chi connectivity index (χ2n) is 5.26. The minimum Gasteiger partial charge on any atom is -0.371 e. The van der Waals surface area contributed by atoms with E-state index < -0.39 is 0 Å². The van der Waals surface area contributed by atoms with Crippen LogP contribution >= 0.6 is 15.9 Å². The summed E-state index contributed by atoms with van der Waals surface area (Å²) in [5, 5.41) is 3.47. The van der Waals surface area contributed by atoms with Crippen molar-refractivity contribution in [2.24, 2.45) is 5.92 Å². The molecule has 0 spiro atoms. The Kier molecular flexibility index (Phi) is 4.62. The van der Waals surface area contributed by atoms with E-state index in [4.69, 9.17) is 0 Å². The van der Waals surface area contributed by atoms with Crippen molar-refractivity contribution in [1.82, 2.24) is 5.32 Å². The molecule has 1 aromatic carbocycles. The quantitative estimate of drug-likeness (QED) is 0.916. The summed E-state index contributed by atoms with van der Waals surface area (Å²) in [4.78, 5) is 2.27. The van der Waals surface area contributed by atoms with Gasteiger partial charge in [-0.15, -0.1) is 0 Å². The molecule has 1 saturated heterocycles. The van der Waals surface area contributed by atoms with Gasteiger partial charge in [-0.1, -0.05) is 13.8 Å². The number of halogens is 2. The molecule has 1 aliphatic heterocycles. The lowest BCUT2D eigenvalue weighted by molar-refractivity contribution is 0.480. The average molecular weight is 315 g/mol. The van der Waals surface area contributed by atoms with Crippen molar-refractivity contribution in [3.8, 4) is 0 Å². The zero-order valence-corrected chi connectivity index (χ0v) is 12.5. The maximum Gasteiger partial charge on any atom is 0.139 e. The van der Waals surface area contributed by atoms with Gasteiger partial charge in [0.2, 0.25) is 0 Å². The number of rotatable bonds is 4. The highest BCUT2D eigenvalue weighted by atomic mass is 79.9. The summed E-state index contributed by atoms with van der Waals surface area (Å²) in [5.74, 6) is 0.482. The smallest absolute Gasteiger partial charge is 0.139 e. The van der Waals surface area contributed by atoms with Crippen molar-refractivity contribution < 1.29 is 4.39 Å². The third-order valence-corrected chi connectivity index (χ3v) is 4.01. The third-order valence-electron chi connectivity index (χ3n) is 3.37. The van der Waals surface area contributed by atoms with Gasteiger partial charge in [0.25, 0.3) is 0 Å². The summed E-state index contributed by atoms with van der Waals surface area (Å²) in [6.45, 7) is 7.41. The molecule has 0 saturated carbocycles. The van der Waals surface area contributed by atoms with E-state index in [-0.39, 0.29) is 5.82 Å². The Morgan fingerprint density at radius 3 is 2.94 bits per heavy atom. The molecule has 0 aliphatic carbocycles. The fraction of sp³-hybridized carbons (Fsp3) is 0.571. The standard InChI is InChI=1S/C14H20BrFN2/c1-10(2)17-8-11-5-6-18(9-11)12-3-4-13(15)14(16)7-12/h3-4,7,10-11,17H,5-6,8-9H2,1-2H3. The lowest BCUT2D eigenvalue weighted by atomic mass is 10.1. The molecule has 1 fully saturated rings. The molecule has 2 nitrogen and oxygen atoms in total. The van der Waals surface area contributed by atoms with Gasteiger partial charge < -0.3 is 10.2 Å². The molecular weight excluding hydrogens is 295 g/mol. The topological polar surface area (TPSA) is 15.3 Å². The van der Waals surface area contributed by atoms with Crippen LogP contribution in [0.5, 0.6) is 0 Å². The minimum absolute atomic E-state index is 0.184. The van der Waals surface area contributed by atoms with E-state index in [1.165, 1.54) is 6.42 Å². The lowest BCUT2D eigenvalue weighted by Crippen LogP contribution is -2.30. The van der Waals surface area contributed by atoms with Crippen LogP contribution in [0, 0.1) is 11.7 Å². The molecule has 1 heterocycles. The van der Waals surface area contributed by atoms with Gasteiger partial charge in [0.1, 0.15) is 5.82 Å². The maximum atomic E-state index is 13.5. The van der Waals surface area contributed by atoms with Crippen LogP contribution in [0.1, 0.15) is 20.3 Å². The van der Waals surface area contributed by atoms with Gasteiger partial charge in [-0.3, -0.25) is 0 Å². The Hall–Kier alpha value is -0.610. The van der Waals surface area contributed by atoms with Crippen LogP contribution in [-0.4, -0.2) is 25.7 Å². The molecule has 1 aliphatic rings. The van der Waals surface area contributed by atoms with Crippen LogP contribution in [-0.2, 0) is 0 Å². The largest absolute Gasteiger partial charge is 0.371 e. The van der Waals surface area contributed by atoms with E-state index in [2.05, 4.69) is 40.0 Å². The molecule has 18 heavy (non-hydrogen) atoms. The molecule has 2 rings (SSSR count). The van der Waals surface area contributed by atoms with Crippen molar-refractivity contribution >= 4 is 21.6 Å². The highest BCUT2D eigenvalue weighted by Gasteiger charge is 2.23. The Balaban J connectivity index is 1.93. The van der Waals surface area contributed by atoms with Crippen molar-refractivity contribution in [3.63, 3.8) is 0 Å². The normalized spacial score (nSPS) is 19.8. The predicted octanol–water partition coefficient (Wildman–Crippen LogP) is 3.41. The predicted molar refractivity (Wildman–Crippen MR) is 77.6 cm³/mol. The van der Waals surface area contributed by atoms with E-state index in [1.54, 1.807) is 12.1 Å². The number of hydrogen-bond acceptors (Lipinski definition) is 2. The van der Waals surface area contributed by atoms with Gasteiger partial charge in [-0.05, 0) is 53.0 Å². The summed E-state index contributed by atoms with van der Waals surface area (Å²) in [5.41, 5.74) is 0.989. The summed E-state index contributed by atoms with van der Waals surface area (Å²) in [7, 11) is 0. The molecule has 1 N–H and O–H groups in total. The fourth-order valence-corrected chi connectivity index (χ4v) is 2.56. The zero-order valence-electron chi connectivity index (χ0n) is 10.9. The van der Waals surface area contributed by atoms with E-state index in [0.29, 0.717) is 16.4 Å². The fourth-order valence-electron chi connectivity index (χ4n) is 2.32. The Bertz CT molecular complexity index is 409. The second kappa shape index (κ2) is 6.02. The van der Waals surface area contributed by atoms with Crippen LogP contribution in [0.2, 0.25) is 0 Å². The van der Waals surface area contributed by atoms with Crippen LogP contribution in [0.15, 0.2) is 22.7 Å². The third kappa shape index (κ3) is 3.45. The van der Waals surface area contributed by atoms with Gasteiger partial charge in [-0.25, -0.2) is 4.39 Å². The second-order valence-corrected chi connectivity index (χ2v) is 6.12. The van der Waals surface area contributed by atoms with Gasteiger partial charge in [0.15, 0.2) is 0 Å². The summed E-state index contributed by atoms with van der Waals surface area (Å²) >= 11 is 3.19. The molecule has 0 aromatic heterocycles. The van der Waals surface area contributed by atoms with Crippen LogP contribution in [0.3, 0.4) is 0 Å². The monoisotopic (exact) mass is 314 g/mol. The highest BCUT2D eigenvalue weighted by Crippen LogP contribution is 2.27. The molecule has 100 valence electrons. The Morgan fingerprint density at radius 2 is 2.28 bits per heavy atom. The number of nitrogens with zero attached hydrogens (tertiary/aromatic N) is 1. The lowest BCUT2D eigenvalue weighted by Gasteiger charge is -2.19. The molecular formula is C14H20BrFN2. The van der Waals surface area contributed by atoms with Crippen LogP contribution in [0.4, 0.5) is 10.1 Å². The van der Waals surface area contributed by atoms with E-state index in [9.17, 15) is 4.39 Å². The molecule has 0 bridgehead atoms. The van der Waals surface area contributed by atoms with Gasteiger partial charge >= 0.3 is 0 Å². The number of nitrogens with one attached hydrogen (secondary N) is 1. The SMILES string of the molecule is CC(C)NCC1CCN(c2ccc(Br)c(F)c2)C1. The number of anilines is 1. The van der Waals surface area contributed by atoms with Crippen molar-refractivity contribution in [1.29, 1.82) is 0 Å². The molecule has 1 atom stereocenters. The van der Waals surface area contributed by atoms with Crippen molar-refractivity contribution in [2.75, 3.05) is 24.5 Å². The van der Waals surface area contributed by atoms with Gasteiger partial charge in [0, 0.05) is 24.8 Å². The van der Waals surface area contributed by atoms with Crippen molar-refractivity contribution in [3.05, 3.63) is 28.5 Å².